The van der Waals surface area contributed by atoms with Crippen molar-refractivity contribution in [3.05, 3.63) is 29.8 Å². The van der Waals surface area contributed by atoms with Crippen LogP contribution >= 0.6 is 0 Å². The van der Waals surface area contributed by atoms with E-state index in [1.165, 1.54) is 31.4 Å². The van der Waals surface area contributed by atoms with Crippen molar-refractivity contribution in [2.24, 2.45) is 0 Å². The van der Waals surface area contributed by atoms with Crippen molar-refractivity contribution in [2.75, 3.05) is 0 Å². The zero-order valence-electron chi connectivity index (χ0n) is 13.1. The number of imidazole rings is 1. The summed E-state index contributed by atoms with van der Waals surface area (Å²) in [5.41, 5.74) is 1.64. The predicted molar refractivity (Wildman–Crippen MR) is 83.7 cm³/mol. The van der Waals surface area contributed by atoms with Gasteiger partial charge in [0.1, 0.15) is 11.6 Å². The first-order chi connectivity index (χ1) is 10.1. The van der Waals surface area contributed by atoms with Gasteiger partial charge < -0.3 is 4.98 Å². The Hall–Kier alpha value is -1.42. The standard InChI is InChI=1S/C17H24FN3/c1-4-16(21-11(2)6-5-7-12(21)3)17-19-14-9-8-13(18)10-15(14)20-17/h8-12,16H,4-7H2,1-3H3,(H,19,20). The lowest BCUT2D eigenvalue weighted by Gasteiger charge is -2.43. The third kappa shape index (κ3) is 2.69. The largest absolute Gasteiger partial charge is 0.341 e. The summed E-state index contributed by atoms with van der Waals surface area (Å²) >= 11 is 0. The van der Waals surface area contributed by atoms with Crippen LogP contribution in [0.1, 0.15) is 58.3 Å². The first-order valence-electron chi connectivity index (χ1n) is 8.02. The fraction of sp³-hybridized carbons (Fsp3) is 0.588. The highest BCUT2D eigenvalue weighted by molar-refractivity contribution is 5.75. The first kappa shape index (κ1) is 14.5. The van der Waals surface area contributed by atoms with E-state index in [-0.39, 0.29) is 11.9 Å². The van der Waals surface area contributed by atoms with Gasteiger partial charge >= 0.3 is 0 Å². The van der Waals surface area contributed by atoms with Crippen molar-refractivity contribution in [3.8, 4) is 0 Å². The van der Waals surface area contributed by atoms with Gasteiger partial charge in [-0.25, -0.2) is 9.37 Å². The van der Waals surface area contributed by atoms with E-state index in [9.17, 15) is 4.39 Å². The zero-order chi connectivity index (χ0) is 15.0. The Bertz CT molecular complexity index is 612. The van der Waals surface area contributed by atoms with Gasteiger partial charge in [0.05, 0.1) is 17.1 Å². The summed E-state index contributed by atoms with van der Waals surface area (Å²) in [4.78, 5) is 10.6. The first-order valence-corrected chi connectivity index (χ1v) is 8.02. The maximum absolute atomic E-state index is 13.3. The highest BCUT2D eigenvalue weighted by Gasteiger charge is 2.32. The minimum Gasteiger partial charge on any atom is -0.341 e. The summed E-state index contributed by atoms with van der Waals surface area (Å²) < 4.78 is 13.3. The van der Waals surface area contributed by atoms with Crippen LogP contribution in [0, 0.1) is 5.82 Å². The predicted octanol–water partition coefficient (Wildman–Crippen LogP) is 4.42. The molecule has 4 heteroatoms. The Labute approximate surface area is 125 Å². The van der Waals surface area contributed by atoms with Crippen molar-refractivity contribution < 1.29 is 4.39 Å². The number of aromatic nitrogens is 2. The molecule has 2 aromatic rings. The smallest absolute Gasteiger partial charge is 0.125 e. The molecule has 0 saturated carbocycles. The lowest BCUT2D eigenvalue weighted by atomic mass is 9.94. The quantitative estimate of drug-likeness (QED) is 0.907. The van der Waals surface area contributed by atoms with Crippen LogP contribution in [0.3, 0.4) is 0 Å². The molecule has 21 heavy (non-hydrogen) atoms. The molecule has 0 spiro atoms. The second-order valence-electron chi connectivity index (χ2n) is 6.28. The zero-order valence-corrected chi connectivity index (χ0v) is 13.1. The average molecular weight is 289 g/mol. The van der Waals surface area contributed by atoms with Crippen LogP contribution in [0.15, 0.2) is 18.2 Å². The summed E-state index contributed by atoms with van der Waals surface area (Å²) in [6.45, 7) is 6.81. The molecule has 1 N–H and O–H groups in total. The van der Waals surface area contributed by atoms with Crippen LogP contribution < -0.4 is 0 Å². The number of benzene rings is 1. The Balaban J connectivity index is 1.97. The molecule has 1 aromatic heterocycles. The van der Waals surface area contributed by atoms with Crippen molar-refractivity contribution in [1.82, 2.24) is 14.9 Å². The number of hydrogen-bond donors (Lipinski definition) is 1. The van der Waals surface area contributed by atoms with Gasteiger partial charge in [-0.1, -0.05) is 13.3 Å². The Morgan fingerprint density at radius 1 is 1.33 bits per heavy atom. The molecule has 1 aromatic carbocycles. The fourth-order valence-electron chi connectivity index (χ4n) is 3.76. The Morgan fingerprint density at radius 2 is 2.05 bits per heavy atom. The van der Waals surface area contributed by atoms with Gasteiger partial charge in [-0.2, -0.15) is 0 Å². The van der Waals surface area contributed by atoms with Gasteiger partial charge in [0.15, 0.2) is 0 Å². The van der Waals surface area contributed by atoms with Crippen LogP contribution in [-0.2, 0) is 0 Å². The summed E-state index contributed by atoms with van der Waals surface area (Å²) in [7, 11) is 0. The maximum atomic E-state index is 13.3. The lowest BCUT2D eigenvalue weighted by Crippen LogP contribution is -2.46. The average Bonchev–Trinajstić information content (AvgIpc) is 2.85. The molecule has 1 fully saturated rings. The fourth-order valence-corrected chi connectivity index (χ4v) is 3.76. The van der Waals surface area contributed by atoms with E-state index in [0.29, 0.717) is 12.1 Å². The molecule has 0 aliphatic carbocycles. The highest BCUT2D eigenvalue weighted by Crippen LogP contribution is 2.34. The van der Waals surface area contributed by atoms with Gasteiger partial charge in [0, 0.05) is 12.1 Å². The van der Waals surface area contributed by atoms with E-state index in [4.69, 9.17) is 4.98 Å². The van der Waals surface area contributed by atoms with E-state index in [0.717, 1.165) is 23.3 Å². The lowest BCUT2D eigenvalue weighted by molar-refractivity contribution is 0.0487. The van der Waals surface area contributed by atoms with Gasteiger partial charge in [-0.15, -0.1) is 0 Å². The van der Waals surface area contributed by atoms with Crippen LogP contribution in [0.25, 0.3) is 11.0 Å². The summed E-state index contributed by atoms with van der Waals surface area (Å²) in [6, 6.07) is 6.18. The third-order valence-corrected chi connectivity index (χ3v) is 4.79. The van der Waals surface area contributed by atoms with Crippen LogP contribution in [0.4, 0.5) is 4.39 Å². The van der Waals surface area contributed by atoms with Gasteiger partial charge in [-0.3, -0.25) is 4.90 Å². The molecule has 3 unspecified atom stereocenters. The van der Waals surface area contributed by atoms with Crippen LogP contribution in [0.5, 0.6) is 0 Å². The topological polar surface area (TPSA) is 31.9 Å². The number of nitrogens with zero attached hydrogens (tertiary/aromatic N) is 2. The third-order valence-electron chi connectivity index (χ3n) is 4.79. The molecular formula is C17H24FN3. The number of nitrogens with one attached hydrogen (secondary N) is 1. The molecule has 1 aliphatic rings. The Kier molecular flexibility index (Phi) is 3.98. The van der Waals surface area contributed by atoms with Crippen LogP contribution in [-0.4, -0.2) is 27.0 Å². The molecule has 0 bridgehead atoms. The van der Waals surface area contributed by atoms with Crippen molar-refractivity contribution in [1.29, 1.82) is 0 Å². The molecule has 3 atom stereocenters. The molecule has 0 radical (unpaired) electrons. The van der Waals surface area contributed by atoms with E-state index in [2.05, 4.69) is 30.7 Å². The van der Waals surface area contributed by atoms with Gasteiger partial charge in [0.2, 0.25) is 0 Å². The molecule has 3 nitrogen and oxygen atoms in total. The summed E-state index contributed by atoms with van der Waals surface area (Å²) in [6.07, 6.45) is 4.81. The molecule has 2 heterocycles. The number of likely N-dealkylation sites (tertiary alicyclic amines) is 1. The van der Waals surface area contributed by atoms with E-state index >= 15 is 0 Å². The number of rotatable bonds is 3. The minimum absolute atomic E-state index is 0.217. The minimum atomic E-state index is -0.217. The number of halogens is 1. The molecular weight excluding hydrogens is 265 g/mol. The maximum Gasteiger partial charge on any atom is 0.125 e. The number of aromatic amines is 1. The van der Waals surface area contributed by atoms with E-state index < -0.39 is 0 Å². The number of piperidine rings is 1. The highest BCUT2D eigenvalue weighted by atomic mass is 19.1. The molecule has 1 aliphatic heterocycles. The number of fused-ring (bicyclic) bond motifs is 1. The molecule has 114 valence electrons. The summed E-state index contributed by atoms with van der Waals surface area (Å²) in [5.74, 6) is 0.754. The SMILES string of the molecule is CCC(c1nc2ccc(F)cc2[nH]1)N1C(C)CCCC1C. The second-order valence-corrected chi connectivity index (χ2v) is 6.28. The van der Waals surface area contributed by atoms with Crippen molar-refractivity contribution in [2.45, 2.75) is 64.6 Å². The van der Waals surface area contributed by atoms with E-state index in [1.54, 1.807) is 6.07 Å². The Morgan fingerprint density at radius 3 is 2.71 bits per heavy atom. The van der Waals surface area contributed by atoms with E-state index in [1.807, 2.05) is 0 Å². The second kappa shape index (κ2) is 5.76. The van der Waals surface area contributed by atoms with Gasteiger partial charge in [0.25, 0.3) is 0 Å². The van der Waals surface area contributed by atoms with Crippen molar-refractivity contribution in [3.63, 3.8) is 0 Å². The molecule has 0 amide bonds. The monoisotopic (exact) mass is 289 g/mol. The summed E-state index contributed by atoms with van der Waals surface area (Å²) in [5, 5.41) is 0. The van der Waals surface area contributed by atoms with Crippen molar-refractivity contribution >= 4 is 11.0 Å². The van der Waals surface area contributed by atoms with Gasteiger partial charge in [-0.05, 0) is 51.3 Å². The molecule has 1 saturated heterocycles. The number of H-pyrrole nitrogens is 1. The number of hydrogen-bond acceptors (Lipinski definition) is 2. The normalized spacial score (nSPS) is 25.3. The van der Waals surface area contributed by atoms with Crippen LogP contribution in [0.2, 0.25) is 0 Å². The molecule has 3 rings (SSSR count).